The van der Waals surface area contributed by atoms with Crippen molar-refractivity contribution in [2.75, 3.05) is 13.2 Å². The summed E-state index contributed by atoms with van der Waals surface area (Å²) in [7, 11) is 0. The van der Waals surface area contributed by atoms with E-state index in [1.165, 1.54) is 141 Å². The van der Waals surface area contributed by atoms with Gasteiger partial charge in [0.15, 0.2) is 6.10 Å². The van der Waals surface area contributed by atoms with Gasteiger partial charge in [-0.05, 0) is 44.9 Å². The maximum atomic E-state index is 12.6. The molecule has 0 aromatic heterocycles. The Morgan fingerprint density at radius 2 is 0.623 bits per heavy atom. The fourth-order valence-corrected chi connectivity index (χ4v) is 6.73. The van der Waals surface area contributed by atoms with Crippen LogP contribution in [0.3, 0.4) is 0 Å². The highest BCUT2D eigenvalue weighted by Crippen LogP contribution is 2.16. The minimum absolute atomic E-state index is 0.0701. The van der Waals surface area contributed by atoms with Gasteiger partial charge in [-0.25, -0.2) is 0 Å². The van der Waals surface area contributed by atoms with E-state index in [0.29, 0.717) is 19.3 Å². The molecule has 6 heteroatoms. The minimum Gasteiger partial charge on any atom is -0.462 e. The highest BCUT2D eigenvalue weighted by molar-refractivity contribution is 5.71. The van der Waals surface area contributed by atoms with Crippen molar-refractivity contribution in [2.45, 2.75) is 258 Å². The highest BCUT2D eigenvalue weighted by Gasteiger charge is 2.19. The van der Waals surface area contributed by atoms with E-state index in [1.54, 1.807) is 0 Å². The van der Waals surface area contributed by atoms with Crippen LogP contribution >= 0.6 is 0 Å². The summed E-state index contributed by atoms with van der Waals surface area (Å²) in [5.74, 6) is -0.885. The molecule has 53 heavy (non-hydrogen) atoms. The SMILES string of the molecule is CCCCC/C=C\CCCCCCCC(=O)OC(COC(=O)CCCCCCC)COC(=O)CCCCCCCCCCCCCCCCCCCC. The molecule has 0 saturated carbocycles. The fraction of sp³-hybridized carbons (Fsp3) is 0.894. The summed E-state index contributed by atoms with van der Waals surface area (Å²) in [6, 6.07) is 0. The molecule has 0 N–H and O–H groups in total. The first-order valence-corrected chi connectivity index (χ1v) is 23.2. The van der Waals surface area contributed by atoms with Gasteiger partial charge in [0.1, 0.15) is 13.2 Å². The first-order chi connectivity index (χ1) is 26.0. The molecule has 0 heterocycles. The lowest BCUT2D eigenvalue weighted by Crippen LogP contribution is -2.30. The maximum Gasteiger partial charge on any atom is 0.306 e. The molecule has 0 radical (unpaired) electrons. The predicted molar refractivity (Wildman–Crippen MR) is 224 cm³/mol. The number of hydrogen-bond acceptors (Lipinski definition) is 6. The molecule has 1 atom stereocenters. The van der Waals surface area contributed by atoms with Gasteiger partial charge >= 0.3 is 17.9 Å². The molecule has 0 bridgehead atoms. The van der Waals surface area contributed by atoms with Crippen LogP contribution in [-0.4, -0.2) is 37.2 Å². The molecule has 0 fully saturated rings. The number of esters is 3. The molecule has 0 aliphatic heterocycles. The normalized spacial score (nSPS) is 12.0. The fourth-order valence-electron chi connectivity index (χ4n) is 6.73. The second kappa shape index (κ2) is 42.9. The van der Waals surface area contributed by atoms with Gasteiger partial charge in [0.25, 0.3) is 0 Å². The van der Waals surface area contributed by atoms with Crippen LogP contribution in [0.25, 0.3) is 0 Å². The Labute approximate surface area is 329 Å². The number of allylic oxidation sites excluding steroid dienone is 2. The number of carbonyl (C=O) groups excluding carboxylic acids is 3. The molecular formula is C47H88O6. The van der Waals surface area contributed by atoms with Gasteiger partial charge in [0.05, 0.1) is 0 Å². The second-order valence-electron chi connectivity index (χ2n) is 15.7. The van der Waals surface area contributed by atoms with Gasteiger partial charge in [-0.2, -0.15) is 0 Å². The lowest BCUT2D eigenvalue weighted by atomic mass is 10.0. The third kappa shape index (κ3) is 41.2. The molecule has 6 nitrogen and oxygen atoms in total. The third-order valence-electron chi connectivity index (χ3n) is 10.3. The molecule has 312 valence electrons. The summed E-state index contributed by atoms with van der Waals surface area (Å²) in [5, 5.41) is 0. The van der Waals surface area contributed by atoms with E-state index in [4.69, 9.17) is 14.2 Å². The van der Waals surface area contributed by atoms with Gasteiger partial charge in [-0.15, -0.1) is 0 Å². The van der Waals surface area contributed by atoms with Crippen LogP contribution < -0.4 is 0 Å². The average Bonchev–Trinajstić information content (AvgIpc) is 3.15. The lowest BCUT2D eigenvalue weighted by Gasteiger charge is -2.18. The Bertz CT molecular complexity index is 824. The Balaban J connectivity index is 4.14. The van der Waals surface area contributed by atoms with Crippen molar-refractivity contribution in [1.82, 2.24) is 0 Å². The van der Waals surface area contributed by atoms with Crippen molar-refractivity contribution in [3.63, 3.8) is 0 Å². The minimum atomic E-state index is -0.764. The van der Waals surface area contributed by atoms with E-state index >= 15 is 0 Å². The van der Waals surface area contributed by atoms with Crippen LogP contribution in [0.2, 0.25) is 0 Å². The molecule has 0 amide bonds. The van der Waals surface area contributed by atoms with Crippen molar-refractivity contribution >= 4 is 17.9 Å². The highest BCUT2D eigenvalue weighted by atomic mass is 16.6. The zero-order valence-corrected chi connectivity index (χ0v) is 35.6. The summed E-state index contributed by atoms with van der Waals surface area (Å²) < 4.78 is 16.6. The standard InChI is InChI=1S/C47H88O6/c1-4-7-10-13-15-17-19-21-22-23-24-25-26-28-29-31-34-37-40-46(49)52-43-44(42-51-45(48)39-36-33-12-9-6-3)53-47(50)41-38-35-32-30-27-20-18-16-14-11-8-5-2/h16,18,44H,4-15,17,19-43H2,1-3H3/b18-16-. The van der Waals surface area contributed by atoms with Crippen LogP contribution in [0.1, 0.15) is 252 Å². The first-order valence-electron chi connectivity index (χ1n) is 23.2. The van der Waals surface area contributed by atoms with Crippen LogP contribution in [-0.2, 0) is 28.6 Å². The topological polar surface area (TPSA) is 78.9 Å². The van der Waals surface area contributed by atoms with Crippen LogP contribution in [0.15, 0.2) is 12.2 Å². The van der Waals surface area contributed by atoms with Gasteiger partial charge in [0, 0.05) is 19.3 Å². The van der Waals surface area contributed by atoms with Crippen LogP contribution in [0.5, 0.6) is 0 Å². The third-order valence-corrected chi connectivity index (χ3v) is 10.3. The molecule has 0 saturated heterocycles. The van der Waals surface area contributed by atoms with E-state index in [-0.39, 0.29) is 31.1 Å². The van der Waals surface area contributed by atoms with Crippen molar-refractivity contribution in [2.24, 2.45) is 0 Å². The summed E-state index contributed by atoms with van der Waals surface area (Å²) in [6.45, 7) is 6.54. The van der Waals surface area contributed by atoms with Gasteiger partial charge in [-0.1, -0.05) is 200 Å². The number of unbranched alkanes of at least 4 members (excludes halogenated alkanes) is 29. The van der Waals surface area contributed by atoms with Crippen LogP contribution in [0, 0.1) is 0 Å². The molecule has 0 aromatic carbocycles. The Hall–Kier alpha value is -1.85. The number of carbonyl (C=O) groups is 3. The van der Waals surface area contributed by atoms with E-state index in [1.807, 2.05) is 0 Å². The molecule has 0 aliphatic rings. The smallest absolute Gasteiger partial charge is 0.306 e. The van der Waals surface area contributed by atoms with E-state index in [0.717, 1.165) is 70.6 Å². The van der Waals surface area contributed by atoms with E-state index in [9.17, 15) is 14.4 Å². The average molecular weight is 749 g/mol. The Morgan fingerprint density at radius 1 is 0.358 bits per heavy atom. The molecule has 0 aromatic rings. The van der Waals surface area contributed by atoms with E-state index in [2.05, 4.69) is 32.9 Å². The summed E-state index contributed by atoms with van der Waals surface area (Å²) in [4.78, 5) is 37.4. The molecule has 1 unspecified atom stereocenters. The van der Waals surface area contributed by atoms with E-state index < -0.39 is 6.10 Å². The van der Waals surface area contributed by atoms with Gasteiger partial charge < -0.3 is 14.2 Å². The predicted octanol–water partition coefficient (Wildman–Crippen LogP) is 14.6. The number of hydrogen-bond donors (Lipinski definition) is 0. The maximum absolute atomic E-state index is 12.6. The second-order valence-corrected chi connectivity index (χ2v) is 15.7. The summed E-state index contributed by atoms with van der Waals surface area (Å²) in [6.07, 6.45) is 45.1. The van der Waals surface area contributed by atoms with Crippen LogP contribution in [0.4, 0.5) is 0 Å². The monoisotopic (exact) mass is 749 g/mol. The molecule has 0 aliphatic carbocycles. The molecule has 0 spiro atoms. The summed E-state index contributed by atoms with van der Waals surface area (Å²) in [5.41, 5.74) is 0. The molecular weight excluding hydrogens is 661 g/mol. The summed E-state index contributed by atoms with van der Waals surface area (Å²) >= 11 is 0. The van der Waals surface area contributed by atoms with Crippen molar-refractivity contribution < 1.29 is 28.6 Å². The van der Waals surface area contributed by atoms with Gasteiger partial charge in [-0.3, -0.25) is 14.4 Å². The largest absolute Gasteiger partial charge is 0.462 e. The van der Waals surface area contributed by atoms with Crippen molar-refractivity contribution in [3.8, 4) is 0 Å². The van der Waals surface area contributed by atoms with Gasteiger partial charge in [0.2, 0.25) is 0 Å². The molecule has 0 rings (SSSR count). The Morgan fingerprint density at radius 3 is 0.981 bits per heavy atom. The quantitative estimate of drug-likeness (QED) is 0.0268. The zero-order chi connectivity index (χ0) is 38.7. The first kappa shape index (κ1) is 51.1. The Kier molecular flexibility index (Phi) is 41.4. The van der Waals surface area contributed by atoms with Crippen molar-refractivity contribution in [1.29, 1.82) is 0 Å². The van der Waals surface area contributed by atoms with Crippen molar-refractivity contribution in [3.05, 3.63) is 12.2 Å². The zero-order valence-electron chi connectivity index (χ0n) is 35.6. The number of rotatable bonds is 42. The number of ether oxygens (including phenoxy) is 3. The lowest BCUT2D eigenvalue weighted by molar-refractivity contribution is -0.167.